The standard InChI is InChI=1S/C40H38N2O2/c1-27(2)29(5)32-14-20-37(21-15-32)42(38-22-16-33(17-23-38)30(6)28(3)4)39-24-18-35(19-25-39)34-12-10-31(11-13-34)8-7-9-36(26-41)40(43)44/h7-25H,1-6H3,(H,43,44)/b8-7+,36-9-. The molecule has 0 aliphatic heterocycles. The molecule has 0 atom stereocenters. The van der Waals surface area contributed by atoms with Gasteiger partial charge in [-0.15, -0.1) is 0 Å². The van der Waals surface area contributed by atoms with E-state index in [0.717, 1.165) is 33.8 Å². The molecule has 0 spiro atoms. The maximum Gasteiger partial charge on any atom is 0.346 e. The number of benzene rings is 4. The molecule has 4 aromatic rings. The summed E-state index contributed by atoms with van der Waals surface area (Å²) in [4.78, 5) is 13.3. The molecule has 4 nitrogen and oxygen atoms in total. The van der Waals surface area contributed by atoms with E-state index < -0.39 is 5.97 Å². The van der Waals surface area contributed by atoms with Crippen LogP contribution >= 0.6 is 0 Å². The Kier molecular flexibility index (Phi) is 10.2. The molecule has 0 aliphatic carbocycles. The van der Waals surface area contributed by atoms with Gasteiger partial charge in [0.15, 0.2) is 0 Å². The van der Waals surface area contributed by atoms with Gasteiger partial charge in [0.2, 0.25) is 0 Å². The smallest absolute Gasteiger partial charge is 0.346 e. The maximum absolute atomic E-state index is 11.0. The number of carboxylic acids is 1. The van der Waals surface area contributed by atoms with E-state index in [2.05, 4.69) is 119 Å². The summed E-state index contributed by atoms with van der Waals surface area (Å²) in [6, 6.07) is 35.7. The van der Waals surface area contributed by atoms with E-state index in [4.69, 9.17) is 10.4 Å². The summed E-state index contributed by atoms with van der Waals surface area (Å²) in [7, 11) is 0. The Balaban J connectivity index is 1.66. The summed E-state index contributed by atoms with van der Waals surface area (Å²) in [6.45, 7) is 12.9. The van der Waals surface area contributed by atoms with E-state index >= 15 is 0 Å². The lowest BCUT2D eigenvalue weighted by Crippen LogP contribution is -2.10. The van der Waals surface area contributed by atoms with Crippen molar-refractivity contribution >= 4 is 40.3 Å². The first-order valence-corrected chi connectivity index (χ1v) is 14.6. The highest BCUT2D eigenvalue weighted by Gasteiger charge is 2.14. The molecule has 0 saturated carbocycles. The minimum Gasteiger partial charge on any atom is -0.477 e. The number of hydrogen-bond donors (Lipinski definition) is 1. The van der Waals surface area contributed by atoms with Crippen LogP contribution in [0.15, 0.2) is 126 Å². The van der Waals surface area contributed by atoms with Crippen LogP contribution in [-0.4, -0.2) is 11.1 Å². The number of rotatable bonds is 9. The van der Waals surface area contributed by atoms with Crippen LogP contribution in [0.25, 0.3) is 28.3 Å². The summed E-state index contributed by atoms with van der Waals surface area (Å²) in [5.41, 5.74) is 13.6. The first-order chi connectivity index (χ1) is 21.1. The quantitative estimate of drug-likeness (QED) is 0.122. The Morgan fingerprint density at radius 3 is 1.39 bits per heavy atom. The van der Waals surface area contributed by atoms with Gasteiger partial charge < -0.3 is 10.0 Å². The van der Waals surface area contributed by atoms with Crippen molar-refractivity contribution in [1.29, 1.82) is 5.26 Å². The van der Waals surface area contributed by atoms with Crippen molar-refractivity contribution in [2.45, 2.75) is 41.5 Å². The number of hydrogen-bond acceptors (Lipinski definition) is 3. The van der Waals surface area contributed by atoms with Gasteiger partial charge in [0.25, 0.3) is 0 Å². The van der Waals surface area contributed by atoms with Gasteiger partial charge in [-0.25, -0.2) is 4.79 Å². The highest BCUT2D eigenvalue weighted by molar-refractivity contribution is 5.91. The maximum atomic E-state index is 11.0. The first kappa shape index (κ1) is 31.5. The topological polar surface area (TPSA) is 64.3 Å². The molecule has 0 aromatic heterocycles. The minimum absolute atomic E-state index is 0.301. The molecule has 0 radical (unpaired) electrons. The van der Waals surface area contributed by atoms with Crippen LogP contribution < -0.4 is 4.90 Å². The van der Waals surface area contributed by atoms with Gasteiger partial charge in [-0.1, -0.05) is 84.0 Å². The normalized spacial score (nSPS) is 11.2. The lowest BCUT2D eigenvalue weighted by Gasteiger charge is -2.26. The van der Waals surface area contributed by atoms with Gasteiger partial charge in [0.1, 0.15) is 11.6 Å². The van der Waals surface area contributed by atoms with Crippen LogP contribution in [0.1, 0.15) is 58.2 Å². The fourth-order valence-corrected chi connectivity index (χ4v) is 4.75. The van der Waals surface area contributed by atoms with Gasteiger partial charge in [-0.3, -0.25) is 0 Å². The van der Waals surface area contributed by atoms with E-state index in [-0.39, 0.29) is 5.57 Å². The highest BCUT2D eigenvalue weighted by Crippen LogP contribution is 2.37. The number of allylic oxidation sites excluding steroid dienone is 6. The number of anilines is 3. The molecular formula is C40H38N2O2. The zero-order chi connectivity index (χ0) is 31.8. The van der Waals surface area contributed by atoms with Gasteiger partial charge in [0.05, 0.1) is 0 Å². The molecule has 220 valence electrons. The summed E-state index contributed by atoms with van der Waals surface area (Å²) < 4.78 is 0. The van der Waals surface area contributed by atoms with Crippen molar-refractivity contribution < 1.29 is 9.90 Å². The molecule has 0 heterocycles. The predicted molar refractivity (Wildman–Crippen MR) is 185 cm³/mol. The summed E-state index contributed by atoms with van der Waals surface area (Å²) in [5, 5.41) is 17.9. The largest absolute Gasteiger partial charge is 0.477 e. The number of carbonyl (C=O) groups is 1. The third kappa shape index (κ3) is 7.51. The van der Waals surface area contributed by atoms with Crippen LogP contribution in [0, 0.1) is 11.3 Å². The lowest BCUT2D eigenvalue weighted by atomic mass is 10.0. The molecule has 44 heavy (non-hydrogen) atoms. The second-order valence-corrected chi connectivity index (χ2v) is 11.2. The Labute approximate surface area is 261 Å². The lowest BCUT2D eigenvalue weighted by molar-refractivity contribution is -0.132. The van der Waals surface area contributed by atoms with Gasteiger partial charge in [-0.2, -0.15) is 5.26 Å². The van der Waals surface area contributed by atoms with E-state index in [1.54, 1.807) is 18.2 Å². The predicted octanol–water partition coefficient (Wildman–Crippen LogP) is 11.0. The number of carboxylic acid groups (broad SMARTS) is 1. The van der Waals surface area contributed by atoms with Gasteiger partial charge >= 0.3 is 5.97 Å². The molecule has 4 rings (SSSR count). The molecular weight excluding hydrogens is 540 g/mol. The van der Waals surface area contributed by atoms with Crippen LogP contribution in [0.5, 0.6) is 0 Å². The Morgan fingerprint density at radius 2 is 1.02 bits per heavy atom. The summed E-state index contributed by atoms with van der Waals surface area (Å²) >= 11 is 0. The first-order valence-electron chi connectivity index (χ1n) is 14.6. The van der Waals surface area contributed by atoms with E-state index in [9.17, 15) is 4.79 Å². The van der Waals surface area contributed by atoms with E-state index in [0.29, 0.717) is 0 Å². The SMILES string of the molecule is CC(C)=C(C)c1ccc(N(c2ccc(C(C)=C(C)C)cc2)c2ccc(-c3ccc(/C=C/C=C(/C#N)C(=O)O)cc3)cc2)cc1. The fraction of sp³-hybridized carbons (Fsp3) is 0.150. The molecule has 0 aliphatic rings. The zero-order valence-corrected chi connectivity index (χ0v) is 26.2. The zero-order valence-electron chi connectivity index (χ0n) is 26.2. The number of aliphatic carboxylic acids is 1. The second kappa shape index (κ2) is 14.2. The summed E-state index contributed by atoms with van der Waals surface area (Å²) in [6.07, 6.45) is 4.65. The minimum atomic E-state index is -1.24. The molecule has 4 aromatic carbocycles. The van der Waals surface area contributed by atoms with Crippen LogP contribution in [0.4, 0.5) is 17.1 Å². The number of nitrogens with zero attached hydrogens (tertiary/aromatic N) is 2. The second-order valence-electron chi connectivity index (χ2n) is 11.2. The molecule has 0 amide bonds. The molecule has 0 saturated heterocycles. The molecule has 0 bridgehead atoms. The van der Waals surface area contributed by atoms with Gasteiger partial charge in [-0.05, 0) is 123 Å². The fourth-order valence-electron chi connectivity index (χ4n) is 4.75. The van der Waals surface area contributed by atoms with E-state index in [1.807, 2.05) is 24.3 Å². The Morgan fingerprint density at radius 1 is 0.636 bits per heavy atom. The average molecular weight is 579 g/mol. The third-order valence-electron chi connectivity index (χ3n) is 7.89. The van der Waals surface area contributed by atoms with Crippen molar-refractivity contribution in [3.63, 3.8) is 0 Å². The van der Waals surface area contributed by atoms with Crippen molar-refractivity contribution in [2.75, 3.05) is 4.90 Å². The van der Waals surface area contributed by atoms with Gasteiger partial charge in [0, 0.05) is 17.1 Å². The third-order valence-corrected chi connectivity index (χ3v) is 7.89. The summed E-state index contributed by atoms with van der Waals surface area (Å²) in [5.74, 6) is -1.24. The monoisotopic (exact) mass is 578 g/mol. The van der Waals surface area contributed by atoms with Crippen molar-refractivity contribution in [3.05, 3.63) is 143 Å². The van der Waals surface area contributed by atoms with Crippen molar-refractivity contribution in [3.8, 4) is 17.2 Å². The Bertz CT molecular complexity index is 1720. The number of nitriles is 1. The molecule has 4 heteroatoms. The highest BCUT2D eigenvalue weighted by atomic mass is 16.4. The molecule has 0 unspecified atom stereocenters. The van der Waals surface area contributed by atoms with Crippen molar-refractivity contribution in [2.24, 2.45) is 0 Å². The average Bonchev–Trinajstić information content (AvgIpc) is 3.03. The molecule has 1 N–H and O–H groups in total. The van der Waals surface area contributed by atoms with Crippen LogP contribution in [0.2, 0.25) is 0 Å². The van der Waals surface area contributed by atoms with Crippen molar-refractivity contribution in [1.82, 2.24) is 0 Å². The van der Waals surface area contributed by atoms with Crippen LogP contribution in [-0.2, 0) is 4.79 Å². The van der Waals surface area contributed by atoms with E-state index in [1.165, 1.54) is 39.5 Å². The molecule has 0 fully saturated rings. The van der Waals surface area contributed by atoms with Crippen LogP contribution in [0.3, 0.4) is 0 Å². The Hall–Kier alpha value is -5.40.